The Hall–Kier alpha value is -1.37. The maximum Gasteiger partial charge on any atom is 0.0698 e. The van der Waals surface area contributed by atoms with Gasteiger partial charge < -0.3 is 0 Å². The van der Waals surface area contributed by atoms with E-state index >= 15 is 0 Å². The molecule has 1 aromatic rings. The van der Waals surface area contributed by atoms with Gasteiger partial charge in [-0.05, 0) is 18.1 Å². The van der Waals surface area contributed by atoms with Crippen molar-refractivity contribution in [3.05, 3.63) is 35.9 Å². The summed E-state index contributed by atoms with van der Waals surface area (Å²) in [6, 6.07) is 8.22. The molecule has 1 nitrogen and oxygen atoms in total. The molecule has 0 N–H and O–H groups in total. The van der Waals surface area contributed by atoms with Gasteiger partial charge in [0, 0.05) is 12.1 Å². The first-order chi connectivity index (χ1) is 6.40. The van der Waals surface area contributed by atoms with Crippen molar-refractivity contribution in [2.45, 2.75) is 13.3 Å². The summed E-state index contributed by atoms with van der Waals surface area (Å²) in [5, 5.41) is 0. The molecule has 13 heavy (non-hydrogen) atoms. The van der Waals surface area contributed by atoms with Gasteiger partial charge in [-0.25, -0.2) is 0 Å². The molecule has 0 amide bonds. The van der Waals surface area contributed by atoms with Gasteiger partial charge in [-0.15, -0.1) is 0 Å². The van der Waals surface area contributed by atoms with Crippen LogP contribution in [0.2, 0.25) is 0 Å². The van der Waals surface area contributed by atoms with Gasteiger partial charge >= 0.3 is 0 Å². The molecule has 1 aliphatic rings. The van der Waals surface area contributed by atoms with Gasteiger partial charge in [0.1, 0.15) is 0 Å². The number of nitrogens with zero attached hydrogens (tertiary/aromatic N) is 1. The fourth-order valence-corrected chi connectivity index (χ4v) is 1.44. The van der Waals surface area contributed by atoms with Crippen molar-refractivity contribution < 1.29 is 0 Å². The quantitative estimate of drug-likeness (QED) is 0.613. The Labute approximate surface area is 78.8 Å². The minimum atomic E-state index is 0.493. The van der Waals surface area contributed by atoms with Crippen molar-refractivity contribution >= 4 is 18.0 Å². The average molecular weight is 171 g/mol. The Balaban J connectivity index is 2.41. The van der Waals surface area contributed by atoms with Crippen LogP contribution in [0.15, 0.2) is 35.3 Å². The van der Waals surface area contributed by atoms with Crippen LogP contribution in [0.5, 0.6) is 0 Å². The Morgan fingerprint density at radius 2 is 2.15 bits per heavy atom. The molecule has 0 bridgehead atoms. The fraction of sp³-hybridized carbons (Fsp3) is 0.250. The minimum absolute atomic E-state index is 0.493. The average Bonchev–Trinajstić information content (AvgIpc) is 2.39. The number of rotatable bonds is 1. The van der Waals surface area contributed by atoms with Crippen LogP contribution in [0.3, 0.4) is 0 Å². The molecule has 1 unspecified atom stereocenters. The summed E-state index contributed by atoms with van der Waals surface area (Å²) in [6.07, 6.45) is 7.53. The van der Waals surface area contributed by atoms with Crippen molar-refractivity contribution in [3.8, 4) is 0 Å². The lowest BCUT2D eigenvalue weighted by molar-refractivity contribution is 0.836. The standard InChI is InChI=1S/C12H13N/c1-2-10-7-8-11-5-3-4-6-12(11)13-9-10/h3-10H,2H2,1H3. The van der Waals surface area contributed by atoms with Crippen LogP contribution >= 0.6 is 0 Å². The number of allylic oxidation sites excluding steroid dienone is 1. The SMILES string of the molecule is CCC1C=Cc2ccccc2N=C1. The second-order valence-electron chi connectivity index (χ2n) is 3.27. The summed E-state index contributed by atoms with van der Waals surface area (Å²) < 4.78 is 0. The van der Waals surface area contributed by atoms with Crippen molar-refractivity contribution in [1.29, 1.82) is 0 Å². The molecule has 1 aromatic carbocycles. The van der Waals surface area contributed by atoms with E-state index in [-0.39, 0.29) is 0 Å². The molecule has 0 aromatic heterocycles. The van der Waals surface area contributed by atoms with E-state index in [9.17, 15) is 0 Å². The number of aliphatic imine (C=N–C) groups is 1. The highest BCUT2D eigenvalue weighted by atomic mass is 14.7. The first kappa shape index (κ1) is 8.24. The molecule has 1 atom stereocenters. The summed E-state index contributed by atoms with van der Waals surface area (Å²) in [7, 11) is 0. The number of hydrogen-bond donors (Lipinski definition) is 0. The first-order valence-corrected chi connectivity index (χ1v) is 4.71. The monoisotopic (exact) mass is 171 g/mol. The zero-order valence-corrected chi connectivity index (χ0v) is 7.77. The molecule has 0 fully saturated rings. The van der Waals surface area contributed by atoms with E-state index in [0.29, 0.717) is 5.92 Å². The molecule has 0 saturated heterocycles. The molecule has 0 aliphatic carbocycles. The normalized spacial score (nSPS) is 19.6. The van der Waals surface area contributed by atoms with Crippen LogP contribution < -0.4 is 0 Å². The first-order valence-electron chi connectivity index (χ1n) is 4.71. The highest BCUT2D eigenvalue weighted by Crippen LogP contribution is 2.23. The molecule has 1 heteroatoms. The summed E-state index contributed by atoms with van der Waals surface area (Å²) in [6.45, 7) is 2.18. The lowest BCUT2D eigenvalue weighted by Gasteiger charge is -1.97. The van der Waals surface area contributed by atoms with E-state index in [1.54, 1.807) is 0 Å². The van der Waals surface area contributed by atoms with E-state index < -0.39 is 0 Å². The number of para-hydroxylation sites is 1. The van der Waals surface area contributed by atoms with Crippen LogP contribution in [-0.4, -0.2) is 6.21 Å². The molecule has 2 rings (SSSR count). The second-order valence-corrected chi connectivity index (χ2v) is 3.27. The fourth-order valence-electron chi connectivity index (χ4n) is 1.44. The molecule has 0 saturated carbocycles. The van der Waals surface area contributed by atoms with E-state index in [1.165, 1.54) is 5.56 Å². The van der Waals surface area contributed by atoms with E-state index in [4.69, 9.17) is 0 Å². The largest absolute Gasteiger partial charge is 0.260 e. The molecule has 1 heterocycles. The van der Waals surface area contributed by atoms with Gasteiger partial charge in [-0.1, -0.05) is 37.3 Å². The summed E-state index contributed by atoms with van der Waals surface area (Å²) in [4.78, 5) is 4.45. The van der Waals surface area contributed by atoms with E-state index in [1.807, 2.05) is 24.4 Å². The highest BCUT2D eigenvalue weighted by molar-refractivity contribution is 5.77. The number of benzene rings is 1. The Morgan fingerprint density at radius 1 is 1.31 bits per heavy atom. The maximum atomic E-state index is 4.45. The summed E-state index contributed by atoms with van der Waals surface area (Å²) in [5.74, 6) is 0.493. The second kappa shape index (κ2) is 3.56. The molecule has 66 valence electrons. The molecular formula is C12H13N. The summed E-state index contributed by atoms with van der Waals surface area (Å²) >= 11 is 0. The maximum absolute atomic E-state index is 4.45. The van der Waals surface area contributed by atoms with Gasteiger partial charge in [0.15, 0.2) is 0 Å². The number of fused-ring (bicyclic) bond motifs is 1. The highest BCUT2D eigenvalue weighted by Gasteiger charge is 2.03. The van der Waals surface area contributed by atoms with Crippen LogP contribution in [-0.2, 0) is 0 Å². The Bertz CT molecular complexity index is 317. The minimum Gasteiger partial charge on any atom is -0.260 e. The van der Waals surface area contributed by atoms with Crippen molar-refractivity contribution in [1.82, 2.24) is 0 Å². The van der Waals surface area contributed by atoms with Crippen LogP contribution in [0.25, 0.3) is 6.08 Å². The molecular weight excluding hydrogens is 158 g/mol. The summed E-state index contributed by atoms with van der Waals surface area (Å²) in [5.41, 5.74) is 2.30. The molecule has 0 radical (unpaired) electrons. The number of hydrogen-bond acceptors (Lipinski definition) is 1. The zero-order valence-electron chi connectivity index (χ0n) is 7.77. The van der Waals surface area contributed by atoms with E-state index in [2.05, 4.69) is 30.1 Å². The van der Waals surface area contributed by atoms with Gasteiger partial charge in [0.25, 0.3) is 0 Å². The predicted octanol–water partition coefficient (Wildman–Crippen LogP) is 3.44. The van der Waals surface area contributed by atoms with Crippen LogP contribution in [0.4, 0.5) is 5.69 Å². The molecule has 1 aliphatic heterocycles. The third kappa shape index (κ3) is 1.69. The van der Waals surface area contributed by atoms with E-state index in [0.717, 1.165) is 12.1 Å². The third-order valence-electron chi connectivity index (χ3n) is 2.34. The predicted molar refractivity (Wildman–Crippen MR) is 57.4 cm³/mol. The Morgan fingerprint density at radius 3 is 3.00 bits per heavy atom. The van der Waals surface area contributed by atoms with Crippen LogP contribution in [0.1, 0.15) is 18.9 Å². The third-order valence-corrected chi connectivity index (χ3v) is 2.34. The van der Waals surface area contributed by atoms with Crippen molar-refractivity contribution in [2.24, 2.45) is 10.9 Å². The smallest absolute Gasteiger partial charge is 0.0698 e. The van der Waals surface area contributed by atoms with Crippen molar-refractivity contribution in [3.63, 3.8) is 0 Å². The van der Waals surface area contributed by atoms with Gasteiger partial charge in [-0.3, -0.25) is 4.99 Å². The lowest BCUT2D eigenvalue weighted by atomic mass is 10.1. The molecule has 0 spiro atoms. The van der Waals surface area contributed by atoms with Gasteiger partial charge in [0.05, 0.1) is 5.69 Å². The van der Waals surface area contributed by atoms with Gasteiger partial charge in [0.2, 0.25) is 0 Å². The Kier molecular flexibility index (Phi) is 2.26. The van der Waals surface area contributed by atoms with Crippen molar-refractivity contribution in [2.75, 3.05) is 0 Å². The van der Waals surface area contributed by atoms with Crippen LogP contribution in [0, 0.1) is 5.92 Å². The zero-order chi connectivity index (χ0) is 9.10. The topological polar surface area (TPSA) is 12.4 Å². The lowest BCUT2D eigenvalue weighted by Crippen LogP contribution is -1.92. The van der Waals surface area contributed by atoms with Gasteiger partial charge in [-0.2, -0.15) is 0 Å².